The third kappa shape index (κ3) is 3.73. The lowest BCUT2D eigenvalue weighted by atomic mass is 10.2. The molecule has 0 radical (unpaired) electrons. The van der Waals surface area contributed by atoms with Gasteiger partial charge in [-0.25, -0.2) is 0 Å². The first-order valence-electron chi connectivity index (χ1n) is 6.92. The minimum Gasteiger partial charge on any atom is -0.493 e. The summed E-state index contributed by atoms with van der Waals surface area (Å²) < 4.78 is 26.1. The molecule has 0 N–H and O–H groups in total. The molecule has 0 bridgehead atoms. The largest absolute Gasteiger partial charge is 0.493 e. The van der Waals surface area contributed by atoms with E-state index in [1.165, 1.54) is 28.4 Å². The Morgan fingerprint density at radius 1 is 1.08 bits per heavy atom. The lowest BCUT2D eigenvalue weighted by Crippen LogP contribution is -2.14. The average molecular weight is 354 g/mol. The fourth-order valence-corrected chi connectivity index (χ4v) is 2.65. The number of carbonyl (C=O) groups excluding carboxylic acids is 1. The molecule has 1 aromatic carbocycles. The van der Waals surface area contributed by atoms with Gasteiger partial charge in [-0.2, -0.15) is 0 Å². The quantitative estimate of drug-likeness (QED) is 0.549. The Bertz CT molecular complexity index is 693. The van der Waals surface area contributed by atoms with Crippen molar-refractivity contribution in [2.45, 2.75) is 17.4 Å². The highest BCUT2D eigenvalue weighted by Gasteiger charge is 2.21. The molecule has 8 nitrogen and oxygen atoms in total. The molecule has 0 saturated carbocycles. The van der Waals surface area contributed by atoms with E-state index in [1.54, 1.807) is 19.1 Å². The Kier molecular flexibility index (Phi) is 5.91. The highest BCUT2D eigenvalue weighted by molar-refractivity contribution is 8.00. The zero-order chi connectivity index (χ0) is 17.7. The SMILES string of the molecule is COC(=O)[C@@H](C)Sc1nnc(-c2cc(OC)c(OC)c(OC)c2)o1. The van der Waals surface area contributed by atoms with E-state index in [2.05, 4.69) is 14.9 Å². The number of benzene rings is 1. The predicted octanol–water partition coefficient (Wildman–Crippen LogP) is 2.42. The van der Waals surface area contributed by atoms with Crippen LogP contribution in [0.15, 0.2) is 21.8 Å². The maximum absolute atomic E-state index is 11.5. The van der Waals surface area contributed by atoms with Gasteiger partial charge >= 0.3 is 5.97 Å². The van der Waals surface area contributed by atoms with Crippen molar-refractivity contribution >= 4 is 17.7 Å². The van der Waals surface area contributed by atoms with Crippen molar-refractivity contribution in [1.82, 2.24) is 10.2 Å². The van der Waals surface area contributed by atoms with Gasteiger partial charge in [-0.15, -0.1) is 10.2 Å². The summed E-state index contributed by atoms with van der Waals surface area (Å²) >= 11 is 1.12. The van der Waals surface area contributed by atoms with Gasteiger partial charge < -0.3 is 23.4 Å². The van der Waals surface area contributed by atoms with Crippen molar-refractivity contribution in [3.05, 3.63) is 12.1 Å². The maximum atomic E-state index is 11.5. The molecule has 0 saturated heterocycles. The van der Waals surface area contributed by atoms with E-state index in [4.69, 9.17) is 18.6 Å². The standard InChI is InChI=1S/C15H18N2O6S/c1-8(14(18)22-5)24-15-17-16-13(23-15)9-6-10(19-2)12(21-4)11(7-9)20-3/h6-8H,1-5H3/t8-/m1/s1. The Labute approximate surface area is 143 Å². The minimum absolute atomic E-state index is 0.261. The maximum Gasteiger partial charge on any atom is 0.319 e. The molecule has 24 heavy (non-hydrogen) atoms. The molecule has 2 rings (SSSR count). The molecule has 0 fully saturated rings. The summed E-state index contributed by atoms with van der Waals surface area (Å²) in [4.78, 5) is 11.5. The van der Waals surface area contributed by atoms with E-state index in [0.717, 1.165) is 11.8 Å². The highest BCUT2D eigenvalue weighted by Crippen LogP contribution is 2.41. The number of thioether (sulfide) groups is 1. The van der Waals surface area contributed by atoms with Gasteiger partial charge in [-0.1, -0.05) is 11.8 Å². The molecule has 130 valence electrons. The number of hydrogen-bond donors (Lipinski definition) is 0. The zero-order valence-corrected chi connectivity index (χ0v) is 14.8. The fourth-order valence-electron chi connectivity index (χ4n) is 1.94. The molecule has 9 heteroatoms. The molecule has 0 spiro atoms. The van der Waals surface area contributed by atoms with E-state index in [-0.39, 0.29) is 17.1 Å². The van der Waals surface area contributed by atoms with Gasteiger partial charge in [0.1, 0.15) is 5.25 Å². The van der Waals surface area contributed by atoms with Gasteiger partial charge in [0.15, 0.2) is 11.5 Å². The van der Waals surface area contributed by atoms with Crippen molar-refractivity contribution in [3.63, 3.8) is 0 Å². The molecule has 0 unspecified atom stereocenters. The van der Waals surface area contributed by atoms with E-state index >= 15 is 0 Å². The molecule has 0 aliphatic heterocycles. The van der Waals surface area contributed by atoms with Gasteiger partial charge in [-0.3, -0.25) is 4.79 Å². The summed E-state index contributed by atoms with van der Waals surface area (Å²) in [6, 6.07) is 3.40. The van der Waals surface area contributed by atoms with Crippen LogP contribution >= 0.6 is 11.8 Å². The topological polar surface area (TPSA) is 92.9 Å². The van der Waals surface area contributed by atoms with Crippen LogP contribution < -0.4 is 14.2 Å². The second kappa shape index (κ2) is 7.91. The summed E-state index contributed by atoms with van der Waals surface area (Å²) in [5.41, 5.74) is 0.606. The minimum atomic E-state index is -0.455. The van der Waals surface area contributed by atoms with Crippen LogP contribution in [-0.4, -0.2) is 49.9 Å². The van der Waals surface area contributed by atoms with E-state index in [0.29, 0.717) is 22.8 Å². The Morgan fingerprint density at radius 3 is 2.21 bits per heavy atom. The van der Waals surface area contributed by atoms with E-state index < -0.39 is 5.25 Å². The molecule has 0 aliphatic carbocycles. The second-order valence-corrected chi connectivity index (χ2v) is 5.86. The Balaban J connectivity index is 2.31. The number of esters is 1. The monoisotopic (exact) mass is 354 g/mol. The van der Waals surface area contributed by atoms with Gasteiger partial charge in [0.05, 0.1) is 28.4 Å². The summed E-state index contributed by atoms with van der Waals surface area (Å²) in [5, 5.41) is 7.72. The molecular weight excluding hydrogens is 336 g/mol. The average Bonchev–Trinajstić information content (AvgIpc) is 3.07. The van der Waals surface area contributed by atoms with Crippen molar-refractivity contribution in [3.8, 4) is 28.7 Å². The molecular formula is C15H18N2O6S. The number of carbonyl (C=O) groups is 1. The van der Waals surface area contributed by atoms with E-state index in [9.17, 15) is 4.79 Å². The van der Waals surface area contributed by atoms with Crippen LogP contribution in [0.5, 0.6) is 17.2 Å². The number of nitrogens with zero attached hydrogens (tertiary/aromatic N) is 2. The Hall–Kier alpha value is -2.42. The third-order valence-electron chi connectivity index (χ3n) is 3.13. The van der Waals surface area contributed by atoms with Gasteiger partial charge in [-0.05, 0) is 19.1 Å². The molecule has 1 atom stereocenters. The summed E-state index contributed by atoms with van der Waals surface area (Å²) in [6.07, 6.45) is 0. The van der Waals surface area contributed by atoms with Crippen molar-refractivity contribution in [2.24, 2.45) is 0 Å². The van der Waals surface area contributed by atoms with Crippen molar-refractivity contribution < 1.29 is 28.2 Å². The lowest BCUT2D eigenvalue weighted by molar-refractivity contribution is -0.139. The molecule has 0 amide bonds. The Morgan fingerprint density at radius 2 is 1.71 bits per heavy atom. The summed E-state index contributed by atoms with van der Waals surface area (Å²) in [5.74, 6) is 1.32. The van der Waals surface area contributed by atoms with Crippen molar-refractivity contribution in [2.75, 3.05) is 28.4 Å². The number of rotatable bonds is 7. The predicted molar refractivity (Wildman–Crippen MR) is 86.7 cm³/mol. The number of aromatic nitrogens is 2. The highest BCUT2D eigenvalue weighted by atomic mass is 32.2. The normalized spacial score (nSPS) is 11.7. The second-order valence-electron chi connectivity index (χ2n) is 4.57. The molecule has 0 aliphatic rings. The number of methoxy groups -OCH3 is 4. The molecule has 1 heterocycles. The van der Waals surface area contributed by atoms with Crippen LogP contribution in [0.25, 0.3) is 11.5 Å². The van der Waals surface area contributed by atoms with Gasteiger partial charge in [0.2, 0.25) is 11.6 Å². The van der Waals surface area contributed by atoms with Crippen LogP contribution in [0.2, 0.25) is 0 Å². The lowest BCUT2D eigenvalue weighted by Gasteiger charge is -2.12. The first-order chi connectivity index (χ1) is 11.5. The zero-order valence-electron chi connectivity index (χ0n) is 14.0. The van der Waals surface area contributed by atoms with Crippen LogP contribution in [0.1, 0.15) is 6.92 Å². The first kappa shape index (κ1) is 17.9. The van der Waals surface area contributed by atoms with Crippen LogP contribution in [0.4, 0.5) is 0 Å². The first-order valence-corrected chi connectivity index (χ1v) is 7.80. The number of ether oxygens (including phenoxy) is 4. The molecule has 1 aromatic heterocycles. The third-order valence-corrected chi connectivity index (χ3v) is 4.04. The number of hydrogen-bond acceptors (Lipinski definition) is 9. The summed E-state index contributed by atoms with van der Waals surface area (Å²) in [7, 11) is 5.90. The van der Waals surface area contributed by atoms with Crippen LogP contribution in [0, 0.1) is 0 Å². The van der Waals surface area contributed by atoms with Crippen molar-refractivity contribution in [1.29, 1.82) is 0 Å². The van der Waals surface area contributed by atoms with Crippen LogP contribution in [-0.2, 0) is 9.53 Å². The molecule has 2 aromatic rings. The van der Waals surface area contributed by atoms with Crippen LogP contribution in [0.3, 0.4) is 0 Å². The summed E-state index contributed by atoms with van der Waals surface area (Å²) in [6.45, 7) is 1.69. The van der Waals surface area contributed by atoms with E-state index in [1.807, 2.05) is 0 Å². The fraction of sp³-hybridized carbons (Fsp3) is 0.400. The smallest absolute Gasteiger partial charge is 0.319 e. The van der Waals surface area contributed by atoms with Gasteiger partial charge in [0.25, 0.3) is 5.22 Å². The van der Waals surface area contributed by atoms with Gasteiger partial charge in [0, 0.05) is 5.56 Å².